The summed E-state index contributed by atoms with van der Waals surface area (Å²) >= 11 is 0. The van der Waals surface area contributed by atoms with Gasteiger partial charge in [-0.15, -0.1) is 0 Å². The van der Waals surface area contributed by atoms with E-state index in [1.807, 2.05) is 4.90 Å². The first-order valence-corrected chi connectivity index (χ1v) is 6.66. The lowest BCUT2D eigenvalue weighted by Gasteiger charge is -2.22. The Morgan fingerprint density at radius 2 is 2.45 bits per heavy atom. The third kappa shape index (κ3) is 2.54. The summed E-state index contributed by atoms with van der Waals surface area (Å²) < 4.78 is 6.66. The molecule has 0 radical (unpaired) electrons. The zero-order valence-electron chi connectivity index (χ0n) is 11.3. The van der Waals surface area contributed by atoms with Gasteiger partial charge >= 0.3 is 0 Å². The number of aromatic nitrogens is 5. The highest BCUT2D eigenvalue weighted by atomic mass is 16.5. The molecule has 0 spiro atoms. The molecule has 1 atom stereocenters. The van der Waals surface area contributed by atoms with Crippen molar-refractivity contribution in [2.24, 2.45) is 0 Å². The molecule has 8 heteroatoms. The smallest absolute Gasteiger partial charge is 0.225 e. The van der Waals surface area contributed by atoms with E-state index in [2.05, 4.69) is 20.2 Å². The summed E-state index contributed by atoms with van der Waals surface area (Å²) in [7, 11) is 0. The molecule has 0 aliphatic carbocycles. The van der Waals surface area contributed by atoms with Gasteiger partial charge in [0.15, 0.2) is 5.82 Å². The van der Waals surface area contributed by atoms with Gasteiger partial charge in [-0.3, -0.25) is 9.48 Å². The van der Waals surface area contributed by atoms with Crippen molar-refractivity contribution < 1.29 is 9.32 Å². The first kappa shape index (κ1) is 12.8. The molecule has 8 nitrogen and oxygen atoms in total. The van der Waals surface area contributed by atoms with Gasteiger partial charge in [-0.2, -0.15) is 10.1 Å². The van der Waals surface area contributed by atoms with Crippen molar-refractivity contribution in [2.75, 3.05) is 6.54 Å². The fourth-order valence-electron chi connectivity index (χ4n) is 2.49. The molecule has 1 amide bonds. The van der Waals surface area contributed by atoms with Gasteiger partial charge in [0.05, 0.1) is 12.6 Å². The van der Waals surface area contributed by atoms with Crippen LogP contribution >= 0.6 is 0 Å². The zero-order valence-corrected chi connectivity index (χ0v) is 11.3. The minimum absolute atomic E-state index is 0.0595. The maximum absolute atomic E-state index is 12.3. The molecule has 20 heavy (non-hydrogen) atoms. The van der Waals surface area contributed by atoms with Crippen molar-refractivity contribution in [2.45, 2.75) is 38.8 Å². The lowest BCUT2D eigenvalue weighted by Crippen LogP contribution is -2.31. The highest BCUT2D eigenvalue weighted by Crippen LogP contribution is 2.30. The molecule has 1 aliphatic rings. The van der Waals surface area contributed by atoms with Crippen LogP contribution < -0.4 is 0 Å². The third-order valence-electron chi connectivity index (χ3n) is 3.44. The Kier molecular flexibility index (Phi) is 3.44. The van der Waals surface area contributed by atoms with Gasteiger partial charge in [-0.05, 0) is 12.8 Å². The van der Waals surface area contributed by atoms with E-state index >= 15 is 0 Å². The highest BCUT2D eigenvalue weighted by Gasteiger charge is 2.32. The first-order chi connectivity index (χ1) is 9.74. The number of aryl methyl sites for hydroxylation is 2. The van der Waals surface area contributed by atoms with Gasteiger partial charge in [0.2, 0.25) is 11.8 Å². The fourth-order valence-corrected chi connectivity index (χ4v) is 2.49. The molecule has 3 heterocycles. The van der Waals surface area contributed by atoms with E-state index in [-0.39, 0.29) is 11.9 Å². The minimum atomic E-state index is -0.0595. The van der Waals surface area contributed by atoms with E-state index < -0.39 is 0 Å². The second-order valence-corrected chi connectivity index (χ2v) is 4.83. The topological polar surface area (TPSA) is 89.9 Å². The average molecular weight is 276 g/mol. The van der Waals surface area contributed by atoms with Crippen LogP contribution in [0, 0.1) is 6.92 Å². The minimum Gasteiger partial charge on any atom is -0.340 e. The molecule has 2 aromatic heterocycles. The molecule has 3 rings (SSSR count). The molecular weight excluding hydrogens is 260 g/mol. The maximum Gasteiger partial charge on any atom is 0.225 e. The van der Waals surface area contributed by atoms with Crippen molar-refractivity contribution in [1.29, 1.82) is 0 Å². The summed E-state index contributed by atoms with van der Waals surface area (Å²) in [6, 6.07) is -0.0595. The maximum atomic E-state index is 12.3. The number of amides is 1. The van der Waals surface area contributed by atoms with Gasteiger partial charge in [0, 0.05) is 19.9 Å². The zero-order chi connectivity index (χ0) is 13.9. The Hall–Kier alpha value is -2.25. The lowest BCUT2D eigenvalue weighted by atomic mass is 10.2. The van der Waals surface area contributed by atoms with E-state index in [0.717, 1.165) is 19.4 Å². The third-order valence-corrected chi connectivity index (χ3v) is 3.44. The quantitative estimate of drug-likeness (QED) is 0.817. The van der Waals surface area contributed by atoms with E-state index in [4.69, 9.17) is 4.52 Å². The largest absolute Gasteiger partial charge is 0.340 e. The van der Waals surface area contributed by atoms with Crippen LogP contribution in [-0.2, 0) is 11.3 Å². The van der Waals surface area contributed by atoms with Crippen LogP contribution in [0.1, 0.15) is 37.0 Å². The Bertz CT molecular complexity index is 579. The van der Waals surface area contributed by atoms with Crippen molar-refractivity contribution in [3.63, 3.8) is 0 Å². The molecule has 2 aromatic rings. The van der Waals surface area contributed by atoms with Gasteiger partial charge in [-0.1, -0.05) is 5.16 Å². The van der Waals surface area contributed by atoms with Crippen molar-refractivity contribution >= 4 is 5.91 Å². The summed E-state index contributed by atoms with van der Waals surface area (Å²) in [6.07, 6.45) is 5.32. The van der Waals surface area contributed by atoms with E-state index in [0.29, 0.717) is 24.7 Å². The predicted octanol–water partition coefficient (Wildman–Crippen LogP) is 0.723. The van der Waals surface area contributed by atoms with Crippen LogP contribution in [0.3, 0.4) is 0 Å². The molecular formula is C12H16N6O2. The summed E-state index contributed by atoms with van der Waals surface area (Å²) in [5.74, 6) is 1.22. The highest BCUT2D eigenvalue weighted by molar-refractivity contribution is 5.76. The monoisotopic (exact) mass is 276 g/mol. The number of nitrogens with zero attached hydrogens (tertiary/aromatic N) is 6. The normalized spacial score (nSPS) is 18.6. The van der Waals surface area contributed by atoms with Crippen LogP contribution in [0.2, 0.25) is 0 Å². The van der Waals surface area contributed by atoms with Gasteiger partial charge < -0.3 is 9.42 Å². The SMILES string of the molecule is Cc1nc([C@@H]2CCCN2C(=O)CCn2cncn2)no1. The Labute approximate surface area is 115 Å². The first-order valence-electron chi connectivity index (χ1n) is 6.66. The van der Waals surface area contributed by atoms with Crippen LogP contribution in [0.5, 0.6) is 0 Å². The predicted molar refractivity (Wildman–Crippen MR) is 67.4 cm³/mol. The number of rotatable bonds is 4. The summed E-state index contributed by atoms with van der Waals surface area (Å²) in [5.41, 5.74) is 0. The summed E-state index contributed by atoms with van der Waals surface area (Å²) in [6.45, 7) is 3.03. The fraction of sp³-hybridized carbons (Fsp3) is 0.583. The Balaban J connectivity index is 1.64. The van der Waals surface area contributed by atoms with Crippen molar-refractivity contribution in [3.8, 4) is 0 Å². The standard InChI is InChI=1S/C12H16N6O2/c1-9-15-12(16-20-9)10-3-2-5-18(10)11(19)4-6-17-8-13-7-14-17/h7-8,10H,2-6H2,1H3/t10-/m0/s1. The van der Waals surface area contributed by atoms with Gasteiger partial charge in [0.25, 0.3) is 0 Å². The van der Waals surface area contributed by atoms with Crippen molar-refractivity contribution in [1.82, 2.24) is 29.8 Å². The lowest BCUT2D eigenvalue weighted by molar-refractivity contribution is -0.132. The molecule has 0 unspecified atom stereocenters. The Morgan fingerprint density at radius 3 is 3.15 bits per heavy atom. The average Bonchev–Trinajstić information content (AvgIpc) is 3.16. The van der Waals surface area contributed by atoms with Crippen LogP contribution in [0.15, 0.2) is 17.2 Å². The molecule has 1 saturated heterocycles. The molecule has 106 valence electrons. The number of likely N-dealkylation sites (tertiary alicyclic amines) is 1. The molecule has 1 aliphatic heterocycles. The van der Waals surface area contributed by atoms with E-state index in [9.17, 15) is 4.79 Å². The van der Waals surface area contributed by atoms with Crippen LogP contribution in [-0.4, -0.2) is 42.3 Å². The number of hydrogen-bond donors (Lipinski definition) is 0. The number of carbonyl (C=O) groups is 1. The van der Waals surface area contributed by atoms with Gasteiger partial charge in [-0.25, -0.2) is 4.98 Å². The van der Waals surface area contributed by atoms with Gasteiger partial charge in [0.1, 0.15) is 12.7 Å². The molecule has 0 bridgehead atoms. The van der Waals surface area contributed by atoms with Crippen LogP contribution in [0.4, 0.5) is 0 Å². The van der Waals surface area contributed by atoms with Crippen LogP contribution in [0.25, 0.3) is 0 Å². The molecule has 0 aromatic carbocycles. The van der Waals surface area contributed by atoms with Crippen molar-refractivity contribution in [3.05, 3.63) is 24.4 Å². The second-order valence-electron chi connectivity index (χ2n) is 4.83. The summed E-state index contributed by atoms with van der Waals surface area (Å²) in [4.78, 5) is 22.2. The summed E-state index contributed by atoms with van der Waals surface area (Å²) in [5, 5.41) is 7.92. The molecule has 0 N–H and O–H groups in total. The second kappa shape index (κ2) is 5.40. The van der Waals surface area contributed by atoms with E-state index in [1.165, 1.54) is 6.33 Å². The number of carbonyl (C=O) groups excluding carboxylic acids is 1. The molecule has 0 saturated carbocycles. The Morgan fingerprint density at radius 1 is 1.55 bits per heavy atom. The van der Waals surface area contributed by atoms with E-state index in [1.54, 1.807) is 17.9 Å². The molecule has 1 fully saturated rings. The number of hydrogen-bond acceptors (Lipinski definition) is 6.